The zero-order valence-electron chi connectivity index (χ0n) is 15.7. The van der Waals surface area contributed by atoms with Crippen molar-refractivity contribution in [2.75, 3.05) is 12.0 Å². The van der Waals surface area contributed by atoms with Gasteiger partial charge in [-0.3, -0.25) is 14.5 Å². The van der Waals surface area contributed by atoms with Gasteiger partial charge in [0, 0.05) is 10.2 Å². The summed E-state index contributed by atoms with van der Waals surface area (Å²) < 4.78 is 1.07. The van der Waals surface area contributed by atoms with E-state index in [4.69, 9.17) is 0 Å². The van der Waals surface area contributed by atoms with Crippen molar-refractivity contribution >= 4 is 33.4 Å². The Labute approximate surface area is 168 Å². The maximum Gasteiger partial charge on any atom is 0.235 e. The molecule has 1 aromatic rings. The smallest absolute Gasteiger partial charge is 0.235 e. The highest BCUT2D eigenvalue weighted by Gasteiger charge is 2.66. The van der Waals surface area contributed by atoms with Gasteiger partial charge in [-0.25, -0.2) is 0 Å². The van der Waals surface area contributed by atoms with E-state index in [9.17, 15) is 9.59 Å². The summed E-state index contributed by atoms with van der Waals surface area (Å²) in [6.07, 6.45) is 7.45. The molecule has 1 saturated heterocycles. The Bertz CT molecular complexity index is 803. The van der Waals surface area contributed by atoms with Crippen molar-refractivity contribution in [3.63, 3.8) is 0 Å². The lowest BCUT2D eigenvalue weighted by Gasteiger charge is -2.37. The molecule has 4 nitrogen and oxygen atoms in total. The predicted molar refractivity (Wildman–Crippen MR) is 108 cm³/mol. The Morgan fingerprint density at radius 2 is 1.52 bits per heavy atom. The van der Waals surface area contributed by atoms with Crippen molar-refractivity contribution in [3.05, 3.63) is 39.9 Å². The number of halogens is 1. The minimum absolute atomic E-state index is 0.0374. The molecule has 6 atom stereocenters. The van der Waals surface area contributed by atoms with Gasteiger partial charge < -0.3 is 5.32 Å². The fourth-order valence-electron chi connectivity index (χ4n) is 5.84. The van der Waals surface area contributed by atoms with Crippen LogP contribution < -0.4 is 5.32 Å². The number of anilines is 1. The third-order valence-corrected chi connectivity index (χ3v) is 7.65. The lowest BCUT2D eigenvalue weighted by atomic mass is 9.63. The van der Waals surface area contributed by atoms with Crippen LogP contribution in [-0.2, 0) is 22.4 Å². The molecule has 142 valence electrons. The molecule has 5 aliphatic rings. The Hall–Kier alpha value is -1.62. The predicted octanol–water partition coefficient (Wildman–Crippen LogP) is 4.00. The van der Waals surface area contributed by atoms with E-state index in [-0.39, 0.29) is 42.2 Å². The van der Waals surface area contributed by atoms with E-state index in [1.807, 2.05) is 0 Å². The van der Waals surface area contributed by atoms with E-state index in [2.05, 4.69) is 59.4 Å². The maximum atomic E-state index is 13.1. The summed E-state index contributed by atoms with van der Waals surface area (Å²) in [5, 5.41) is 3.44. The van der Waals surface area contributed by atoms with Gasteiger partial charge in [-0.2, -0.15) is 0 Å². The van der Waals surface area contributed by atoms with E-state index in [0.29, 0.717) is 11.8 Å². The van der Waals surface area contributed by atoms with Crippen molar-refractivity contribution in [1.82, 2.24) is 4.90 Å². The van der Waals surface area contributed by atoms with Gasteiger partial charge >= 0.3 is 0 Å². The summed E-state index contributed by atoms with van der Waals surface area (Å²) in [5.41, 5.74) is 3.49. The quantitative estimate of drug-likeness (QED) is 0.569. The van der Waals surface area contributed by atoms with Crippen LogP contribution in [0, 0.1) is 35.5 Å². The van der Waals surface area contributed by atoms with Gasteiger partial charge in [0.05, 0.1) is 18.5 Å². The number of hydrogen-bond acceptors (Lipinski definition) is 3. The standard InChI is InChI=1S/C22H25BrN2O2/c1-3-11-7-13(23)8-12(4-2)20(11)24-10-25-21(26)18-14-5-6-15(17-9-16(14)17)19(18)22(25)27/h5-8,14-19,24H,3-4,9-10H2,1-2H3. The third-order valence-electron chi connectivity index (χ3n) is 7.20. The van der Waals surface area contributed by atoms with Crippen LogP contribution >= 0.6 is 15.9 Å². The van der Waals surface area contributed by atoms with Crippen molar-refractivity contribution < 1.29 is 9.59 Å². The van der Waals surface area contributed by atoms with Crippen LogP contribution in [0.5, 0.6) is 0 Å². The van der Waals surface area contributed by atoms with Gasteiger partial charge in [0.15, 0.2) is 0 Å². The number of imide groups is 1. The number of rotatable bonds is 5. The van der Waals surface area contributed by atoms with Crippen LogP contribution in [0.2, 0.25) is 0 Å². The van der Waals surface area contributed by atoms with Crippen LogP contribution in [0.15, 0.2) is 28.8 Å². The number of allylic oxidation sites excluding steroid dienone is 2. The summed E-state index contributed by atoms with van der Waals surface area (Å²) in [7, 11) is 0. The largest absolute Gasteiger partial charge is 0.367 e. The second kappa shape index (κ2) is 6.20. The number of likely N-dealkylation sites (tertiary alicyclic amines) is 1. The molecule has 2 saturated carbocycles. The molecule has 4 aliphatic carbocycles. The first-order chi connectivity index (χ1) is 13.0. The Morgan fingerprint density at radius 1 is 1.00 bits per heavy atom. The molecule has 6 rings (SSSR count). The van der Waals surface area contributed by atoms with Crippen molar-refractivity contribution in [2.24, 2.45) is 35.5 Å². The molecule has 2 bridgehead atoms. The van der Waals surface area contributed by atoms with E-state index in [0.717, 1.165) is 23.0 Å². The number of nitrogens with one attached hydrogen (secondary N) is 1. The van der Waals surface area contributed by atoms with E-state index in [1.54, 1.807) is 0 Å². The Morgan fingerprint density at radius 3 is 2.00 bits per heavy atom. The number of aryl methyl sites for hydroxylation is 2. The second-order valence-electron chi connectivity index (χ2n) is 8.40. The molecular formula is C22H25BrN2O2. The molecule has 2 amide bonds. The SMILES string of the molecule is CCc1cc(Br)cc(CC)c1NCN1C(=O)C2C3C=CC(C4CC34)C2C1=O. The molecule has 1 N–H and O–H groups in total. The lowest BCUT2D eigenvalue weighted by molar-refractivity contribution is -0.139. The fraction of sp³-hybridized carbons (Fsp3) is 0.545. The number of carbonyl (C=O) groups excluding carboxylic acids is 2. The number of benzene rings is 1. The van der Waals surface area contributed by atoms with E-state index >= 15 is 0 Å². The van der Waals surface area contributed by atoms with Gasteiger partial charge in [-0.15, -0.1) is 0 Å². The summed E-state index contributed by atoms with van der Waals surface area (Å²) in [5.74, 6) is 1.73. The maximum absolute atomic E-state index is 13.1. The molecule has 1 aromatic carbocycles. The molecule has 1 heterocycles. The number of hydrogen-bond donors (Lipinski definition) is 1. The molecule has 0 spiro atoms. The Balaban J connectivity index is 1.39. The van der Waals surface area contributed by atoms with Gasteiger partial charge in [0.1, 0.15) is 0 Å². The van der Waals surface area contributed by atoms with Crippen LogP contribution in [0.4, 0.5) is 5.69 Å². The molecule has 0 aromatic heterocycles. The fourth-order valence-corrected chi connectivity index (χ4v) is 6.40. The average Bonchev–Trinajstić information content (AvgIpc) is 3.45. The van der Waals surface area contributed by atoms with Gasteiger partial charge in [0.25, 0.3) is 0 Å². The van der Waals surface area contributed by atoms with Crippen molar-refractivity contribution in [3.8, 4) is 0 Å². The zero-order chi connectivity index (χ0) is 18.9. The van der Waals surface area contributed by atoms with Crippen LogP contribution in [-0.4, -0.2) is 23.4 Å². The molecule has 27 heavy (non-hydrogen) atoms. The van der Waals surface area contributed by atoms with Gasteiger partial charge in [-0.1, -0.05) is 41.9 Å². The van der Waals surface area contributed by atoms with E-state index in [1.165, 1.54) is 22.4 Å². The van der Waals surface area contributed by atoms with Crippen LogP contribution in [0.25, 0.3) is 0 Å². The highest BCUT2D eigenvalue weighted by Crippen LogP contribution is 2.65. The first-order valence-corrected chi connectivity index (χ1v) is 10.9. The minimum Gasteiger partial charge on any atom is -0.367 e. The topological polar surface area (TPSA) is 49.4 Å². The molecule has 3 fully saturated rings. The Kier molecular flexibility index (Phi) is 4.01. The summed E-state index contributed by atoms with van der Waals surface area (Å²) in [6, 6.07) is 4.24. The monoisotopic (exact) mass is 428 g/mol. The zero-order valence-corrected chi connectivity index (χ0v) is 17.3. The normalized spacial score (nSPS) is 35.4. The van der Waals surface area contributed by atoms with Gasteiger partial charge in [-0.05, 0) is 66.2 Å². The lowest BCUT2D eigenvalue weighted by Crippen LogP contribution is -2.40. The first-order valence-electron chi connectivity index (χ1n) is 10.1. The molecule has 5 heteroatoms. The van der Waals surface area contributed by atoms with Crippen molar-refractivity contribution in [2.45, 2.75) is 33.1 Å². The summed E-state index contributed by atoms with van der Waals surface area (Å²) in [4.78, 5) is 27.7. The summed E-state index contributed by atoms with van der Waals surface area (Å²) in [6.45, 7) is 4.53. The second-order valence-corrected chi connectivity index (χ2v) is 9.32. The molecule has 6 unspecified atom stereocenters. The van der Waals surface area contributed by atoms with Gasteiger partial charge in [0.2, 0.25) is 11.8 Å². The van der Waals surface area contributed by atoms with Crippen molar-refractivity contribution in [1.29, 1.82) is 0 Å². The third kappa shape index (κ3) is 2.47. The van der Waals surface area contributed by atoms with Crippen LogP contribution in [0.3, 0.4) is 0 Å². The molecule has 0 radical (unpaired) electrons. The number of carbonyl (C=O) groups is 2. The molecular weight excluding hydrogens is 404 g/mol. The summed E-state index contributed by atoms with van der Waals surface area (Å²) >= 11 is 3.58. The highest BCUT2D eigenvalue weighted by molar-refractivity contribution is 9.10. The average molecular weight is 429 g/mol. The highest BCUT2D eigenvalue weighted by atomic mass is 79.9. The molecule has 1 aliphatic heterocycles. The first kappa shape index (κ1) is 17.5. The minimum atomic E-state index is -0.112. The van der Waals surface area contributed by atoms with E-state index < -0.39 is 0 Å². The number of nitrogens with zero attached hydrogens (tertiary/aromatic N) is 1. The number of amides is 2. The van der Waals surface area contributed by atoms with Crippen LogP contribution in [0.1, 0.15) is 31.4 Å².